The topological polar surface area (TPSA) is 244 Å². The molecule has 0 unspecified atom stereocenters. The molecule has 2 fully saturated rings. The van der Waals surface area contributed by atoms with Gasteiger partial charge in [-0.05, 0) is 58.3 Å². The van der Waals surface area contributed by atoms with Crippen molar-refractivity contribution in [3.8, 4) is 34.7 Å². The van der Waals surface area contributed by atoms with Crippen LogP contribution in [-0.4, -0.2) is 53.8 Å². The van der Waals surface area contributed by atoms with Crippen molar-refractivity contribution in [2.45, 2.75) is 37.8 Å². The molecular weight excluding hydrogens is 709 g/mol. The third-order valence-corrected chi connectivity index (χ3v) is 9.42. The molecule has 6 aromatic rings. The van der Waals surface area contributed by atoms with Crippen molar-refractivity contribution in [3.63, 3.8) is 0 Å². The number of carbonyl (C=O) groups is 2. The number of pyridine rings is 6. The van der Waals surface area contributed by atoms with E-state index in [2.05, 4.69) is 62.4 Å². The summed E-state index contributed by atoms with van der Waals surface area (Å²) >= 11 is 0. The smallest absolute Gasteiger partial charge is 0.236 e. The number of anilines is 4. The molecule has 16 heteroatoms. The van der Waals surface area contributed by atoms with Gasteiger partial charge in [0.05, 0.1) is 36.4 Å². The van der Waals surface area contributed by atoms with Crippen molar-refractivity contribution in [2.75, 3.05) is 22.1 Å². The Morgan fingerprint density at radius 1 is 0.714 bits per heavy atom. The number of nitrogens with zero attached hydrogens (tertiary/aromatic N) is 10. The summed E-state index contributed by atoms with van der Waals surface area (Å²) in [5.74, 6) is 0.479. The van der Waals surface area contributed by atoms with E-state index < -0.39 is 0 Å². The fraction of sp³-hybridized carbons (Fsp3) is 0.200. The van der Waals surface area contributed by atoms with Crippen molar-refractivity contribution in [3.05, 3.63) is 108 Å². The van der Waals surface area contributed by atoms with E-state index in [0.29, 0.717) is 58.3 Å². The van der Waals surface area contributed by atoms with E-state index >= 15 is 0 Å². The summed E-state index contributed by atoms with van der Waals surface area (Å²) in [5.41, 5.74) is 16.5. The van der Waals surface area contributed by atoms with Crippen LogP contribution in [-0.2, 0) is 22.4 Å². The summed E-state index contributed by atoms with van der Waals surface area (Å²) in [6.45, 7) is 14.0. The van der Waals surface area contributed by atoms with Gasteiger partial charge in [0.2, 0.25) is 23.9 Å². The van der Waals surface area contributed by atoms with E-state index in [0.717, 1.165) is 33.0 Å². The van der Waals surface area contributed by atoms with Crippen LogP contribution < -0.4 is 22.1 Å². The second kappa shape index (κ2) is 15.5. The Labute approximate surface area is 319 Å². The van der Waals surface area contributed by atoms with E-state index in [1.807, 2.05) is 12.1 Å². The lowest BCUT2D eigenvalue weighted by Crippen LogP contribution is -2.16. The summed E-state index contributed by atoms with van der Waals surface area (Å²) in [5, 5.41) is 26.5. The lowest BCUT2D eigenvalue weighted by Gasteiger charge is -2.10. The minimum atomic E-state index is -0.267. The van der Waals surface area contributed by atoms with Gasteiger partial charge >= 0.3 is 0 Å². The zero-order valence-corrected chi connectivity index (χ0v) is 29.5. The number of nitrogen functional groups attached to an aromatic ring is 2. The van der Waals surface area contributed by atoms with Crippen LogP contribution in [0.1, 0.15) is 24.0 Å². The van der Waals surface area contributed by atoms with Gasteiger partial charge in [0.15, 0.2) is 0 Å². The van der Waals surface area contributed by atoms with Gasteiger partial charge in [-0.25, -0.2) is 33.1 Å². The molecule has 4 atom stereocenters. The van der Waals surface area contributed by atoms with Gasteiger partial charge in [-0.2, -0.15) is 10.5 Å². The van der Waals surface area contributed by atoms with Crippen LogP contribution in [0.3, 0.4) is 0 Å². The molecule has 6 N–H and O–H groups in total. The Morgan fingerprint density at radius 2 is 1.14 bits per heavy atom. The lowest BCUT2D eigenvalue weighted by molar-refractivity contribution is -0.118. The monoisotopic (exact) mass is 738 g/mol. The molecule has 0 saturated heterocycles. The molecular formula is C40H30N14O2. The highest BCUT2D eigenvalue weighted by atomic mass is 16.2. The van der Waals surface area contributed by atoms with Crippen LogP contribution in [0.5, 0.6) is 0 Å². The maximum atomic E-state index is 12.2. The standard InChI is InChI=1S/2C20H15N7O/c2*1-23-16-8-13(16)20(28)27-18-7-12-6-17(26-19(22)15(12)10-25-18)14-9-24-5-3-11(14)2-4-21/h2*3,5-7,9-10,13,16H,2,8H2,(H2,22,26)(H,25,27,28)/t2*13-,16-/m10/s1. The highest BCUT2D eigenvalue weighted by Gasteiger charge is 2.50. The Bertz CT molecular complexity index is 2540. The highest BCUT2D eigenvalue weighted by Crippen LogP contribution is 2.36. The molecule has 2 aliphatic rings. The molecule has 0 aromatic carbocycles. The Balaban J connectivity index is 0.000000172. The number of fused-ring (bicyclic) bond motifs is 2. The molecule has 6 heterocycles. The van der Waals surface area contributed by atoms with Crippen LogP contribution in [0.25, 0.3) is 53.7 Å². The summed E-state index contributed by atoms with van der Waals surface area (Å²) < 4.78 is 0. The molecule has 272 valence electrons. The second-order valence-corrected chi connectivity index (χ2v) is 13.2. The van der Waals surface area contributed by atoms with Gasteiger partial charge in [-0.15, -0.1) is 0 Å². The second-order valence-electron chi connectivity index (χ2n) is 13.2. The lowest BCUT2D eigenvalue weighted by atomic mass is 10.0. The first-order chi connectivity index (χ1) is 27.2. The molecule has 0 bridgehead atoms. The van der Waals surface area contributed by atoms with Crippen LogP contribution in [0.15, 0.2) is 73.6 Å². The van der Waals surface area contributed by atoms with Crippen molar-refractivity contribution in [1.29, 1.82) is 10.5 Å². The van der Waals surface area contributed by atoms with Crippen LogP contribution >= 0.6 is 0 Å². The number of amides is 2. The first-order valence-electron chi connectivity index (χ1n) is 17.3. The number of aromatic nitrogens is 6. The van der Waals surface area contributed by atoms with Crippen molar-refractivity contribution in [1.82, 2.24) is 29.9 Å². The van der Waals surface area contributed by atoms with E-state index in [1.165, 1.54) is 0 Å². The molecule has 0 spiro atoms. The zero-order chi connectivity index (χ0) is 39.3. The molecule has 56 heavy (non-hydrogen) atoms. The predicted molar refractivity (Wildman–Crippen MR) is 207 cm³/mol. The zero-order valence-electron chi connectivity index (χ0n) is 29.5. The summed E-state index contributed by atoms with van der Waals surface area (Å²) in [7, 11) is 0. The largest absolute Gasteiger partial charge is 0.383 e. The summed E-state index contributed by atoms with van der Waals surface area (Å²) in [6, 6.07) is 14.5. The van der Waals surface area contributed by atoms with Crippen LogP contribution in [0.4, 0.5) is 23.3 Å². The van der Waals surface area contributed by atoms with Crippen LogP contribution in [0.2, 0.25) is 0 Å². The molecule has 2 amide bonds. The average molecular weight is 739 g/mol. The average Bonchev–Trinajstić information content (AvgIpc) is 4.14. The van der Waals surface area contributed by atoms with Gasteiger partial charge in [0.1, 0.15) is 35.1 Å². The maximum Gasteiger partial charge on any atom is 0.236 e. The molecule has 2 aliphatic carbocycles. The SMILES string of the molecule is [C-]#[N+][C@@H]1C[C@H]1C(=O)Nc1cc2cc(-c3cnccc3CC#N)nc(N)c2cn1.[C-]#[N+][C@H]1C[C@@H]1C(=O)Nc1cc2cc(-c3cnccc3CC#N)nc(N)c2cn1. The number of nitrogens with two attached hydrogens (primary N) is 2. The predicted octanol–water partition coefficient (Wildman–Crippen LogP) is 5.17. The molecule has 6 aromatic heterocycles. The Kier molecular flexibility index (Phi) is 10.0. The van der Waals surface area contributed by atoms with E-state index in [-0.39, 0.29) is 48.6 Å². The number of nitriles is 2. The quantitative estimate of drug-likeness (QED) is 0.148. The molecule has 0 radical (unpaired) electrons. The minimum Gasteiger partial charge on any atom is -0.383 e. The molecule has 8 rings (SSSR count). The first-order valence-corrected chi connectivity index (χ1v) is 17.3. The number of carbonyl (C=O) groups excluding carboxylic acids is 2. The van der Waals surface area contributed by atoms with Gasteiger partial charge in [-0.1, -0.05) is 0 Å². The normalized spacial score (nSPS) is 17.5. The number of hydrogen-bond acceptors (Lipinski definition) is 12. The number of hydrogen-bond donors (Lipinski definition) is 4. The van der Waals surface area contributed by atoms with Crippen molar-refractivity contribution >= 4 is 56.6 Å². The van der Waals surface area contributed by atoms with Gasteiger partial charge < -0.3 is 31.8 Å². The molecule has 16 nitrogen and oxygen atoms in total. The van der Waals surface area contributed by atoms with E-state index in [4.69, 9.17) is 35.1 Å². The minimum absolute atomic E-state index is 0.196. The number of nitrogens with one attached hydrogen (secondary N) is 2. The Hall–Kier alpha value is -8.08. The third kappa shape index (κ3) is 7.67. The van der Waals surface area contributed by atoms with E-state index in [9.17, 15) is 9.59 Å². The summed E-state index contributed by atoms with van der Waals surface area (Å²) in [6.07, 6.45) is 11.4. The van der Waals surface area contributed by atoms with Gasteiger partial charge in [0, 0.05) is 71.9 Å². The third-order valence-electron chi connectivity index (χ3n) is 9.42. The van der Waals surface area contributed by atoms with Crippen LogP contribution in [0, 0.1) is 47.6 Å². The van der Waals surface area contributed by atoms with Gasteiger partial charge in [-0.3, -0.25) is 19.6 Å². The first kappa shape index (κ1) is 36.3. The maximum absolute atomic E-state index is 12.2. The van der Waals surface area contributed by atoms with Gasteiger partial charge in [0.25, 0.3) is 0 Å². The van der Waals surface area contributed by atoms with E-state index in [1.54, 1.807) is 61.4 Å². The van der Waals surface area contributed by atoms with Crippen molar-refractivity contribution < 1.29 is 9.59 Å². The summed E-state index contributed by atoms with van der Waals surface area (Å²) in [4.78, 5) is 56.7. The number of rotatable bonds is 8. The molecule has 2 saturated carbocycles. The fourth-order valence-electron chi connectivity index (χ4n) is 6.20. The Morgan fingerprint density at radius 3 is 1.52 bits per heavy atom. The van der Waals surface area contributed by atoms with Crippen molar-refractivity contribution in [2.24, 2.45) is 11.8 Å². The highest BCUT2D eigenvalue weighted by molar-refractivity contribution is 6.00. The fourth-order valence-corrected chi connectivity index (χ4v) is 6.20. The molecule has 0 aliphatic heterocycles.